The normalized spacial score (nSPS) is 12.7. The molecule has 0 aliphatic rings. The Labute approximate surface area is 73.9 Å². The molecule has 0 radical (unpaired) electrons. The molecule has 0 fully saturated rings. The van der Waals surface area contributed by atoms with E-state index in [1.165, 1.54) is 6.08 Å². The molecule has 0 atom stereocenters. The second-order valence-corrected chi connectivity index (χ2v) is 3.42. The molecule has 0 N–H and O–H groups in total. The Kier molecular flexibility index (Phi) is 4.34. The Morgan fingerprint density at radius 3 is 2.25 bits per heavy atom. The summed E-state index contributed by atoms with van der Waals surface area (Å²) < 4.78 is 5.02. The standard InChI is InChI=1S/C10H16O2/c1-5-6-7-8-9(11)12-10(2,3)4/h5-8H,1-4H3/b6-5+,8-7+. The number of allylic oxidation sites excluding steroid dienone is 3. The minimum Gasteiger partial charge on any atom is -0.457 e. The van der Waals surface area contributed by atoms with Gasteiger partial charge in [-0.15, -0.1) is 0 Å². The van der Waals surface area contributed by atoms with Crippen molar-refractivity contribution in [3.63, 3.8) is 0 Å². The average molecular weight is 168 g/mol. The van der Waals surface area contributed by atoms with Crippen molar-refractivity contribution in [2.75, 3.05) is 0 Å². The molecule has 0 saturated heterocycles. The molecule has 0 spiro atoms. The summed E-state index contributed by atoms with van der Waals surface area (Å²) in [4.78, 5) is 11.0. The smallest absolute Gasteiger partial charge is 0.331 e. The largest absolute Gasteiger partial charge is 0.457 e. The molecule has 68 valence electrons. The second-order valence-electron chi connectivity index (χ2n) is 3.42. The van der Waals surface area contributed by atoms with Gasteiger partial charge in [0.15, 0.2) is 0 Å². The van der Waals surface area contributed by atoms with Gasteiger partial charge in [0.25, 0.3) is 0 Å². The maximum absolute atomic E-state index is 11.0. The molecular formula is C10H16O2. The molecule has 2 heteroatoms. The number of carbonyl (C=O) groups is 1. The van der Waals surface area contributed by atoms with Gasteiger partial charge >= 0.3 is 5.97 Å². The molecule has 0 amide bonds. The Morgan fingerprint density at radius 2 is 1.83 bits per heavy atom. The van der Waals surface area contributed by atoms with Gasteiger partial charge in [0.1, 0.15) is 5.60 Å². The topological polar surface area (TPSA) is 26.3 Å². The maximum Gasteiger partial charge on any atom is 0.331 e. The Bertz CT molecular complexity index is 194. The van der Waals surface area contributed by atoms with E-state index < -0.39 is 5.60 Å². The zero-order valence-corrected chi connectivity index (χ0v) is 8.13. The molecule has 2 nitrogen and oxygen atoms in total. The summed E-state index contributed by atoms with van der Waals surface area (Å²) in [6, 6.07) is 0. The average Bonchev–Trinajstić information content (AvgIpc) is 1.84. The van der Waals surface area contributed by atoms with Crippen molar-refractivity contribution in [1.29, 1.82) is 0 Å². The lowest BCUT2D eigenvalue weighted by Gasteiger charge is -2.17. The van der Waals surface area contributed by atoms with Crippen LogP contribution in [-0.2, 0) is 9.53 Å². The summed E-state index contributed by atoms with van der Waals surface area (Å²) in [5.74, 6) is -0.305. The molecule has 0 rings (SSSR count). The van der Waals surface area contributed by atoms with Gasteiger partial charge in [0, 0.05) is 6.08 Å². The predicted molar refractivity (Wildman–Crippen MR) is 49.8 cm³/mol. The fraction of sp³-hybridized carbons (Fsp3) is 0.500. The Balaban J connectivity index is 3.91. The highest BCUT2D eigenvalue weighted by Crippen LogP contribution is 2.06. The van der Waals surface area contributed by atoms with Crippen LogP contribution < -0.4 is 0 Å². The van der Waals surface area contributed by atoms with Crippen LogP contribution in [0.2, 0.25) is 0 Å². The predicted octanol–water partition coefficient (Wildman–Crippen LogP) is 2.46. The SMILES string of the molecule is C/C=C/C=C/C(=O)OC(C)(C)C. The molecule has 0 saturated carbocycles. The van der Waals surface area contributed by atoms with E-state index >= 15 is 0 Å². The van der Waals surface area contributed by atoms with Crippen LogP contribution >= 0.6 is 0 Å². The van der Waals surface area contributed by atoms with Gasteiger partial charge in [-0.2, -0.15) is 0 Å². The van der Waals surface area contributed by atoms with Crippen LogP contribution in [0.3, 0.4) is 0 Å². The minimum absolute atomic E-state index is 0.305. The van der Waals surface area contributed by atoms with Crippen molar-refractivity contribution in [2.45, 2.75) is 33.3 Å². The van der Waals surface area contributed by atoms with E-state index in [2.05, 4.69) is 0 Å². The quantitative estimate of drug-likeness (QED) is 0.359. The van der Waals surface area contributed by atoms with E-state index in [4.69, 9.17) is 4.74 Å². The number of carbonyl (C=O) groups excluding carboxylic acids is 1. The van der Waals surface area contributed by atoms with Gasteiger partial charge < -0.3 is 4.74 Å². The van der Waals surface area contributed by atoms with Crippen molar-refractivity contribution in [3.8, 4) is 0 Å². The van der Waals surface area contributed by atoms with Gasteiger partial charge in [-0.05, 0) is 27.7 Å². The minimum atomic E-state index is -0.405. The van der Waals surface area contributed by atoms with Gasteiger partial charge in [-0.1, -0.05) is 18.2 Å². The third-order valence-electron chi connectivity index (χ3n) is 0.943. The number of ether oxygens (including phenoxy) is 1. The molecular weight excluding hydrogens is 152 g/mol. The molecule has 0 bridgehead atoms. The van der Waals surface area contributed by atoms with E-state index in [9.17, 15) is 4.79 Å². The van der Waals surface area contributed by atoms with Crippen molar-refractivity contribution >= 4 is 5.97 Å². The molecule has 0 aromatic carbocycles. The van der Waals surface area contributed by atoms with Crippen LogP contribution in [0, 0.1) is 0 Å². The molecule has 0 aliphatic heterocycles. The molecule has 12 heavy (non-hydrogen) atoms. The number of esters is 1. The van der Waals surface area contributed by atoms with E-state index in [0.717, 1.165) is 0 Å². The summed E-state index contributed by atoms with van der Waals surface area (Å²) >= 11 is 0. The first-order valence-electron chi connectivity index (χ1n) is 3.98. The second kappa shape index (κ2) is 4.75. The summed E-state index contributed by atoms with van der Waals surface area (Å²) in [6.45, 7) is 7.41. The van der Waals surface area contributed by atoms with Crippen LogP contribution in [-0.4, -0.2) is 11.6 Å². The van der Waals surface area contributed by atoms with Crippen LogP contribution in [0.5, 0.6) is 0 Å². The first-order chi connectivity index (χ1) is 5.45. The van der Waals surface area contributed by atoms with Crippen LogP contribution in [0.15, 0.2) is 24.3 Å². The third kappa shape index (κ3) is 7.06. The lowest BCUT2D eigenvalue weighted by atomic mass is 10.2. The number of hydrogen-bond donors (Lipinski definition) is 0. The summed E-state index contributed by atoms with van der Waals surface area (Å²) in [7, 11) is 0. The fourth-order valence-corrected chi connectivity index (χ4v) is 0.581. The lowest BCUT2D eigenvalue weighted by molar-refractivity contribution is -0.148. The van der Waals surface area contributed by atoms with Crippen molar-refractivity contribution in [2.24, 2.45) is 0 Å². The van der Waals surface area contributed by atoms with Gasteiger partial charge in [-0.3, -0.25) is 0 Å². The van der Waals surface area contributed by atoms with Crippen molar-refractivity contribution < 1.29 is 9.53 Å². The van der Waals surface area contributed by atoms with E-state index in [1.54, 1.807) is 12.2 Å². The third-order valence-corrected chi connectivity index (χ3v) is 0.943. The molecule has 0 unspecified atom stereocenters. The molecule has 0 heterocycles. The van der Waals surface area contributed by atoms with E-state index in [1.807, 2.05) is 33.8 Å². The van der Waals surface area contributed by atoms with Gasteiger partial charge in [0.2, 0.25) is 0 Å². The van der Waals surface area contributed by atoms with Crippen LogP contribution in [0.4, 0.5) is 0 Å². The monoisotopic (exact) mass is 168 g/mol. The van der Waals surface area contributed by atoms with Crippen molar-refractivity contribution in [1.82, 2.24) is 0 Å². The van der Waals surface area contributed by atoms with Gasteiger partial charge in [-0.25, -0.2) is 4.79 Å². The summed E-state index contributed by atoms with van der Waals surface area (Å²) in [5, 5.41) is 0. The summed E-state index contributed by atoms with van der Waals surface area (Å²) in [6.07, 6.45) is 6.70. The lowest BCUT2D eigenvalue weighted by Crippen LogP contribution is -2.22. The van der Waals surface area contributed by atoms with Crippen LogP contribution in [0.25, 0.3) is 0 Å². The maximum atomic E-state index is 11.0. The summed E-state index contributed by atoms with van der Waals surface area (Å²) in [5.41, 5.74) is -0.405. The number of hydrogen-bond acceptors (Lipinski definition) is 2. The zero-order valence-electron chi connectivity index (χ0n) is 8.13. The highest BCUT2D eigenvalue weighted by atomic mass is 16.6. The fourth-order valence-electron chi connectivity index (χ4n) is 0.581. The first kappa shape index (κ1) is 11.0. The van der Waals surface area contributed by atoms with E-state index in [0.29, 0.717) is 0 Å². The van der Waals surface area contributed by atoms with Crippen LogP contribution in [0.1, 0.15) is 27.7 Å². The molecule has 0 aromatic rings. The molecule has 0 aliphatic carbocycles. The van der Waals surface area contributed by atoms with Crippen molar-refractivity contribution in [3.05, 3.63) is 24.3 Å². The van der Waals surface area contributed by atoms with E-state index in [-0.39, 0.29) is 5.97 Å². The highest BCUT2D eigenvalue weighted by molar-refractivity contribution is 5.82. The Hall–Kier alpha value is -1.05. The number of rotatable bonds is 2. The Morgan fingerprint density at radius 1 is 1.25 bits per heavy atom. The zero-order chi connectivity index (χ0) is 9.61. The highest BCUT2D eigenvalue weighted by Gasteiger charge is 2.13. The first-order valence-corrected chi connectivity index (χ1v) is 3.98. The molecule has 0 aromatic heterocycles. The van der Waals surface area contributed by atoms with Gasteiger partial charge in [0.05, 0.1) is 0 Å².